The van der Waals surface area contributed by atoms with Crippen LogP contribution in [0.1, 0.15) is 193 Å². The van der Waals surface area contributed by atoms with Crippen molar-refractivity contribution in [2.45, 2.75) is 217 Å². The fourth-order valence-corrected chi connectivity index (χ4v) is 13.4. The van der Waals surface area contributed by atoms with Crippen molar-refractivity contribution >= 4 is 6.09 Å². The van der Waals surface area contributed by atoms with Gasteiger partial charge in [0, 0.05) is 75.9 Å². The number of aliphatic hydroxyl groups excluding tert-OH is 1. The van der Waals surface area contributed by atoms with E-state index in [2.05, 4.69) is 180 Å². The van der Waals surface area contributed by atoms with Gasteiger partial charge in [0.15, 0.2) is 0 Å². The van der Waals surface area contributed by atoms with Crippen LogP contribution in [0, 0.1) is 23.3 Å². The van der Waals surface area contributed by atoms with Gasteiger partial charge in [-0.15, -0.1) is 0 Å². The maximum Gasteiger partial charge on any atom is 0.408 e. The van der Waals surface area contributed by atoms with Crippen molar-refractivity contribution < 1.29 is 36.9 Å². The van der Waals surface area contributed by atoms with Gasteiger partial charge in [-0.05, 0) is 200 Å². The molecule has 0 radical (unpaired) electrons. The Kier molecular flexibility index (Phi) is 22.2. The highest BCUT2D eigenvalue weighted by molar-refractivity contribution is 5.69. The summed E-state index contributed by atoms with van der Waals surface area (Å²) in [6, 6.07) is 33.3. The summed E-state index contributed by atoms with van der Waals surface area (Å²) in [7, 11) is 5.88. The second kappa shape index (κ2) is 29.3. The first-order chi connectivity index (χ1) is 44.9. The normalized spacial score (nSPS) is 20.2. The number of halogens is 4. The minimum absolute atomic E-state index is 0.0328. The van der Waals surface area contributed by atoms with Crippen molar-refractivity contribution in [2.75, 3.05) is 13.2 Å². The molecule has 13 nitrogen and oxygen atoms in total. The molecular formula is C79H103F4N9O4. The molecule has 17 heteroatoms. The van der Waals surface area contributed by atoms with Crippen molar-refractivity contribution in [2.24, 2.45) is 26.9 Å². The summed E-state index contributed by atoms with van der Waals surface area (Å²) < 4.78 is 68.6. The third kappa shape index (κ3) is 19.4. The summed E-state index contributed by atoms with van der Waals surface area (Å²) >= 11 is 0. The molecule has 12 rings (SSSR count). The number of hydrogen-bond donors (Lipinski definition) is 4. The van der Waals surface area contributed by atoms with Gasteiger partial charge < -0.3 is 30.9 Å². The second-order valence-corrected chi connectivity index (χ2v) is 31.4. The van der Waals surface area contributed by atoms with Crippen LogP contribution in [-0.4, -0.2) is 71.5 Å². The molecule has 5 aromatic carbocycles. The molecule has 4 aliphatic rings. The van der Waals surface area contributed by atoms with Gasteiger partial charge in [-0.25, -0.2) is 22.4 Å². The van der Waals surface area contributed by atoms with Crippen LogP contribution in [-0.2, 0) is 115 Å². The molecule has 1 fully saturated rings. The van der Waals surface area contributed by atoms with E-state index in [1.165, 1.54) is 74.5 Å². The Morgan fingerprint density at radius 2 is 0.979 bits per heavy atom. The molecule has 1 saturated heterocycles. The van der Waals surface area contributed by atoms with E-state index in [4.69, 9.17) is 15.2 Å². The van der Waals surface area contributed by atoms with Gasteiger partial charge in [-0.2, -0.15) is 15.3 Å². The van der Waals surface area contributed by atoms with Crippen LogP contribution in [0.5, 0.6) is 0 Å². The van der Waals surface area contributed by atoms with Gasteiger partial charge in [0.05, 0.1) is 41.4 Å². The maximum absolute atomic E-state index is 13.5. The van der Waals surface area contributed by atoms with Crippen LogP contribution >= 0.6 is 0 Å². The van der Waals surface area contributed by atoms with Crippen LogP contribution in [0.25, 0.3) is 0 Å². The summed E-state index contributed by atoms with van der Waals surface area (Å²) in [5.41, 5.74) is 21.3. The Labute approximate surface area is 567 Å². The Balaban J connectivity index is 0.000000157. The van der Waals surface area contributed by atoms with Crippen molar-refractivity contribution in [3.63, 3.8) is 0 Å². The van der Waals surface area contributed by atoms with Gasteiger partial charge in [0.1, 0.15) is 28.9 Å². The molecule has 1 amide bonds. The molecule has 8 aromatic rings. The molecule has 516 valence electrons. The zero-order valence-corrected chi connectivity index (χ0v) is 59.3. The van der Waals surface area contributed by atoms with Gasteiger partial charge in [-0.1, -0.05) is 135 Å². The molecule has 96 heavy (non-hydrogen) atoms. The number of aliphatic hydroxyl groups is 1. The number of aromatic nitrogens is 6. The lowest BCUT2D eigenvalue weighted by molar-refractivity contribution is 0.0439. The third-order valence-electron chi connectivity index (χ3n) is 18.9. The SMILES string of the molecule is Cn1cc2c(n1)CCC(N)(c1cccc(C(C)(C)C)c1)C2.Cn1cc2c(n1)CCC(NC(=O)OC(C)(C)C)(c1cccc(C(C)(C)C)c1)C2.Cn1cc2c(n1)CCC(NCC(O)CCc1cc(F)cc(F)c1)(c1cccc(C(C)(C)C)c1)C2.Fc1cc(F)cc(CCC2CO2)c1. The highest BCUT2D eigenvalue weighted by atomic mass is 19.1. The molecule has 0 spiro atoms. The van der Waals surface area contributed by atoms with Crippen LogP contribution in [0.15, 0.2) is 128 Å². The largest absolute Gasteiger partial charge is 0.444 e. The number of amides is 1. The van der Waals surface area contributed by atoms with Crippen LogP contribution in [0.3, 0.4) is 0 Å². The number of alkyl carbamates (subject to hydrolysis) is 1. The van der Waals surface area contributed by atoms with Crippen LogP contribution < -0.4 is 16.4 Å². The fourth-order valence-electron chi connectivity index (χ4n) is 13.4. The monoisotopic (exact) mass is 1320 g/mol. The van der Waals surface area contributed by atoms with E-state index < -0.39 is 40.5 Å². The summed E-state index contributed by atoms with van der Waals surface area (Å²) in [4.78, 5) is 12.8. The molecule has 0 saturated carbocycles. The second-order valence-electron chi connectivity index (χ2n) is 31.4. The molecule has 3 aliphatic carbocycles. The number of hydrogen-bond acceptors (Lipinski definition) is 9. The van der Waals surface area contributed by atoms with E-state index in [0.29, 0.717) is 49.5 Å². The molecule has 5 atom stereocenters. The van der Waals surface area contributed by atoms with E-state index >= 15 is 0 Å². The Bertz CT molecular complexity index is 3930. The predicted octanol–water partition coefficient (Wildman–Crippen LogP) is 14.9. The van der Waals surface area contributed by atoms with Crippen LogP contribution in [0.2, 0.25) is 0 Å². The van der Waals surface area contributed by atoms with E-state index in [-0.39, 0.29) is 33.4 Å². The maximum atomic E-state index is 13.5. The molecule has 0 bridgehead atoms. The summed E-state index contributed by atoms with van der Waals surface area (Å²) in [6.07, 6.45) is 15.6. The molecule has 3 aromatic heterocycles. The number of nitrogens with zero attached hydrogens (tertiary/aromatic N) is 6. The van der Waals surface area contributed by atoms with Crippen molar-refractivity contribution in [1.29, 1.82) is 0 Å². The van der Waals surface area contributed by atoms with Crippen molar-refractivity contribution in [3.05, 3.63) is 229 Å². The first-order valence-electron chi connectivity index (χ1n) is 34.1. The lowest BCUT2D eigenvalue weighted by atomic mass is 9.74. The fraction of sp³-hybridized carbons (Fsp3) is 0.494. The zero-order valence-electron chi connectivity index (χ0n) is 59.3. The molecular weight excluding hydrogens is 1210 g/mol. The Morgan fingerprint density at radius 1 is 0.583 bits per heavy atom. The van der Waals surface area contributed by atoms with Crippen molar-refractivity contribution in [1.82, 2.24) is 40.0 Å². The Hall–Kier alpha value is -7.44. The molecule has 1 aliphatic heterocycles. The molecule has 5 N–H and O–H groups in total. The number of nitrogens with one attached hydrogen (secondary N) is 2. The van der Waals surface area contributed by atoms with Gasteiger partial charge in [0.2, 0.25) is 0 Å². The summed E-state index contributed by atoms with van der Waals surface area (Å²) in [6.45, 7) is 26.9. The van der Waals surface area contributed by atoms with Gasteiger partial charge in [0.25, 0.3) is 0 Å². The first-order valence-corrected chi connectivity index (χ1v) is 34.1. The minimum Gasteiger partial charge on any atom is -0.444 e. The van der Waals surface area contributed by atoms with E-state index in [0.717, 1.165) is 93.5 Å². The number of nitrogens with two attached hydrogens (primary N) is 1. The number of ether oxygens (including phenoxy) is 2. The third-order valence-corrected chi connectivity index (χ3v) is 18.9. The number of carbonyl (C=O) groups is 1. The highest BCUT2D eigenvalue weighted by Crippen LogP contribution is 2.41. The lowest BCUT2D eigenvalue weighted by Crippen LogP contribution is -2.51. The number of fused-ring (bicyclic) bond motifs is 3. The average Bonchev–Trinajstić information content (AvgIpc) is 1.33. The summed E-state index contributed by atoms with van der Waals surface area (Å²) in [5.74, 6) is -2.19. The molecule has 4 heterocycles. The zero-order chi connectivity index (χ0) is 69.8. The Morgan fingerprint density at radius 3 is 1.43 bits per heavy atom. The first kappa shape index (κ1) is 72.8. The van der Waals surface area contributed by atoms with Gasteiger partial charge >= 0.3 is 6.09 Å². The van der Waals surface area contributed by atoms with E-state index in [1.54, 1.807) is 0 Å². The smallest absolute Gasteiger partial charge is 0.408 e. The standard InChI is InChI=1S/C28H35F2N3O.C23H33N3O2.C18H25N3.C10H10F2O/c1-27(2,3)21-6-5-7-22(14-21)28(11-10-26-20(16-28)18-33(4)32-26)31-17-25(34)9-8-19-12-23(29)15-24(30)13-19;1-21(2,3)17-9-8-10-18(13-17)23(24-20(27)28-22(4,5)6)12-11-19-16(14-23)15-26(7)25-19;1-17(2,3)14-6-5-7-15(10-14)18(19)9-8-16-13(11-18)12-21(4)20-16;11-8-3-7(4-9(12)5-8)1-2-10-6-13-10/h5-7,12-15,18,25,31,34H,8-11,16-17H2,1-4H3;8-10,13,15H,11-12,14H2,1-7H3,(H,24,27);5-7,10,12H,8-9,11,19H2,1-4H3;3-5,10H,1-2,6H2. The predicted molar refractivity (Wildman–Crippen MR) is 373 cm³/mol. The van der Waals surface area contributed by atoms with E-state index in [1.807, 2.05) is 56.0 Å². The highest BCUT2D eigenvalue weighted by Gasteiger charge is 2.42. The summed E-state index contributed by atoms with van der Waals surface area (Å²) in [5, 5.41) is 31.4. The van der Waals surface area contributed by atoms with Crippen LogP contribution in [0.4, 0.5) is 22.4 Å². The lowest BCUT2D eigenvalue weighted by Gasteiger charge is -2.40. The number of carbonyl (C=O) groups excluding carboxylic acids is 1. The average molecular weight is 1320 g/mol. The number of aryl methyl sites for hydroxylation is 8. The quantitative estimate of drug-likeness (QED) is 0.0650. The number of benzene rings is 5. The number of rotatable bonds is 13. The molecule has 5 unspecified atom stereocenters. The number of epoxide rings is 1. The van der Waals surface area contributed by atoms with Gasteiger partial charge in [-0.3, -0.25) is 14.0 Å². The topological polar surface area (TPSA) is 163 Å². The minimum atomic E-state index is -0.635. The van der Waals surface area contributed by atoms with Crippen molar-refractivity contribution in [3.8, 4) is 0 Å². The van der Waals surface area contributed by atoms with E-state index in [9.17, 15) is 27.5 Å².